The van der Waals surface area contributed by atoms with Gasteiger partial charge in [0, 0.05) is 0 Å². The third-order valence-electron chi connectivity index (χ3n) is 2.93. The van der Waals surface area contributed by atoms with Gasteiger partial charge >= 0.3 is 0 Å². The van der Waals surface area contributed by atoms with Gasteiger partial charge in [-0.1, -0.05) is 72.2 Å². The monoisotopic (exact) mass is 253 g/mol. The van der Waals surface area contributed by atoms with Crippen molar-refractivity contribution in [3.8, 4) is 0 Å². The highest BCUT2D eigenvalue weighted by Gasteiger charge is 2.02. The molecule has 0 amide bonds. The average molecular weight is 253 g/mol. The third-order valence-corrected chi connectivity index (χ3v) is 2.93. The van der Waals surface area contributed by atoms with E-state index >= 15 is 0 Å². The molecule has 2 aromatic carbocycles. The predicted octanol–water partition coefficient (Wildman–Crippen LogP) is 4.33. The van der Waals surface area contributed by atoms with E-state index in [1.807, 2.05) is 36.4 Å². The van der Waals surface area contributed by atoms with Gasteiger partial charge in [0.05, 0.1) is 5.71 Å². The Kier molecular flexibility index (Phi) is 4.73. The summed E-state index contributed by atoms with van der Waals surface area (Å²) in [4.78, 5) is 5.45. The highest BCUT2D eigenvalue weighted by Crippen LogP contribution is 2.09. The van der Waals surface area contributed by atoms with E-state index in [1.165, 1.54) is 5.56 Å². The summed E-state index contributed by atoms with van der Waals surface area (Å²) in [6, 6.07) is 18.4. The van der Waals surface area contributed by atoms with Gasteiger partial charge in [-0.25, -0.2) is 0 Å². The van der Waals surface area contributed by atoms with Crippen molar-refractivity contribution in [3.05, 3.63) is 71.3 Å². The van der Waals surface area contributed by atoms with Gasteiger partial charge < -0.3 is 4.84 Å². The minimum atomic E-state index is 0.510. The van der Waals surface area contributed by atoms with Crippen LogP contribution in [-0.2, 0) is 11.4 Å². The van der Waals surface area contributed by atoms with Gasteiger partial charge in [-0.05, 0) is 24.5 Å². The summed E-state index contributed by atoms with van der Waals surface area (Å²) >= 11 is 0. The molecule has 0 fully saturated rings. The lowest BCUT2D eigenvalue weighted by Crippen LogP contribution is -2.01. The minimum Gasteiger partial charge on any atom is -0.391 e. The Hall–Kier alpha value is -2.09. The van der Waals surface area contributed by atoms with E-state index in [1.54, 1.807) is 0 Å². The molecule has 0 aliphatic carbocycles. The van der Waals surface area contributed by atoms with Gasteiger partial charge in [0.15, 0.2) is 0 Å². The molecule has 0 aliphatic rings. The van der Waals surface area contributed by atoms with Crippen LogP contribution in [0.1, 0.15) is 30.0 Å². The first kappa shape index (κ1) is 13.3. The molecule has 0 aromatic heterocycles. The van der Waals surface area contributed by atoms with Crippen LogP contribution in [0.25, 0.3) is 0 Å². The molecular weight excluding hydrogens is 234 g/mol. The summed E-state index contributed by atoms with van der Waals surface area (Å²) in [7, 11) is 0. The lowest BCUT2D eigenvalue weighted by Gasteiger charge is -2.06. The van der Waals surface area contributed by atoms with Gasteiger partial charge in [-0.3, -0.25) is 0 Å². The van der Waals surface area contributed by atoms with Gasteiger partial charge in [0.25, 0.3) is 0 Å². The van der Waals surface area contributed by atoms with Gasteiger partial charge in [-0.2, -0.15) is 0 Å². The van der Waals surface area contributed by atoms with Crippen LogP contribution >= 0.6 is 0 Å². The molecule has 0 unspecified atom stereocenters. The van der Waals surface area contributed by atoms with E-state index in [-0.39, 0.29) is 0 Å². The fourth-order valence-electron chi connectivity index (χ4n) is 1.90. The highest BCUT2D eigenvalue weighted by molar-refractivity contribution is 6.00. The van der Waals surface area contributed by atoms with Crippen LogP contribution in [0, 0.1) is 6.92 Å². The first-order valence-electron chi connectivity index (χ1n) is 6.59. The van der Waals surface area contributed by atoms with Crippen LogP contribution in [0.5, 0.6) is 0 Å². The zero-order chi connectivity index (χ0) is 13.5. The summed E-state index contributed by atoms with van der Waals surface area (Å²) in [5, 5.41) is 4.27. The molecule has 0 bridgehead atoms. The molecule has 98 valence electrons. The Labute approximate surface area is 114 Å². The third kappa shape index (κ3) is 3.95. The zero-order valence-electron chi connectivity index (χ0n) is 11.5. The molecule has 2 heteroatoms. The lowest BCUT2D eigenvalue weighted by atomic mass is 10.1. The number of aryl methyl sites for hydroxylation is 1. The normalized spacial score (nSPS) is 11.4. The molecular formula is C17H19NO. The Bertz CT molecular complexity index is 546. The average Bonchev–Trinajstić information content (AvgIpc) is 2.45. The number of benzene rings is 2. The van der Waals surface area contributed by atoms with E-state index < -0.39 is 0 Å². The smallest absolute Gasteiger partial charge is 0.142 e. The van der Waals surface area contributed by atoms with Crippen molar-refractivity contribution in [3.63, 3.8) is 0 Å². The summed E-state index contributed by atoms with van der Waals surface area (Å²) < 4.78 is 0. The number of hydrogen-bond acceptors (Lipinski definition) is 2. The molecule has 0 aliphatic heterocycles. The second-order valence-corrected chi connectivity index (χ2v) is 4.52. The molecule has 0 saturated carbocycles. The SMILES string of the molecule is CCC(=NOCc1ccccc1)c1cccc(C)c1. The lowest BCUT2D eigenvalue weighted by molar-refractivity contribution is 0.130. The van der Waals surface area contributed by atoms with E-state index in [0.29, 0.717) is 6.61 Å². The number of rotatable bonds is 5. The molecule has 0 atom stereocenters. The van der Waals surface area contributed by atoms with Crippen LogP contribution in [0.2, 0.25) is 0 Å². The van der Waals surface area contributed by atoms with Crippen LogP contribution in [0.3, 0.4) is 0 Å². The summed E-state index contributed by atoms with van der Waals surface area (Å²) in [5.74, 6) is 0. The summed E-state index contributed by atoms with van der Waals surface area (Å²) in [6.45, 7) is 4.69. The van der Waals surface area contributed by atoms with Gasteiger partial charge in [0.2, 0.25) is 0 Å². The van der Waals surface area contributed by atoms with E-state index in [4.69, 9.17) is 4.84 Å². The van der Waals surface area contributed by atoms with Crippen LogP contribution in [-0.4, -0.2) is 5.71 Å². The molecule has 0 spiro atoms. The quantitative estimate of drug-likeness (QED) is 0.574. The fourth-order valence-corrected chi connectivity index (χ4v) is 1.90. The molecule has 2 nitrogen and oxygen atoms in total. The maximum atomic E-state index is 5.45. The first-order valence-corrected chi connectivity index (χ1v) is 6.59. The topological polar surface area (TPSA) is 21.6 Å². The van der Waals surface area contributed by atoms with E-state index in [0.717, 1.165) is 23.3 Å². The standard InChI is InChI=1S/C17H19NO/c1-3-17(16-11-7-8-14(2)12-16)18-19-13-15-9-5-4-6-10-15/h4-12H,3,13H2,1-2H3. The van der Waals surface area contributed by atoms with Crippen LogP contribution in [0.15, 0.2) is 59.8 Å². The maximum Gasteiger partial charge on any atom is 0.142 e. The minimum absolute atomic E-state index is 0.510. The van der Waals surface area contributed by atoms with Crippen LogP contribution < -0.4 is 0 Å². The fraction of sp³-hybridized carbons (Fsp3) is 0.235. The predicted molar refractivity (Wildman–Crippen MR) is 79.2 cm³/mol. The molecule has 0 radical (unpaired) electrons. The Morgan fingerprint density at radius 1 is 1.05 bits per heavy atom. The number of nitrogens with zero attached hydrogens (tertiary/aromatic N) is 1. The molecule has 0 heterocycles. The van der Waals surface area contributed by atoms with Crippen molar-refractivity contribution in [1.29, 1.82) is 0 Å². The van der Waals surface area contributed by atoms with Gasteiger partial charge in [-0.15, -0.1) is 0 Å². The molecule has 2 rings (SSSR count). The first-order chi connectivity index (χ1) is 9.29. The molecule has 19 heavy (non-hydrogen) atoms. The van der Waals surface area contributed by atoms with Crippen molar-refractivity contribution < 1.29 is 4.84 Å². The zero-order valence-corrected chi connectivity index (χ0v) is 11.5. The van der Waals surface area contributed by atoms with Crippen molar-refractivity contribution in [2.45, 2.75) is 26.9 Å². The van der Waals surface area contributed by atoms with Crippen molar-refractivity contribution in [1.82, 2.24) is 0 Å². The van der Waals surface area contributed by atoms with Crippen molar-refractivity contribution in [2.75, 3.05) is 0 Å². The molecule has 0 N–H and O–H groups in total. The number of hydrogen-bond donors (Lipinski definition) is 0. The summed E-state index contributed by atoms with van der Waals surface area (Å²) in [5.41, 5.74) is 4.49. The van der Waals surface area contributed by atoms with Gasteiger partial charge in [0.1, 0.15) is 6.61 Å². The maximum absolute atomic E-state index is 5.45. The summed E-state index contributed by atoms with van der Waals surface area (Å²) in [6.07, 6.45) is 0.859. The second kappa shape index (κ2) is 6.74. The number of oxime groups is 1. The Morgan fingerprint density at radius 3 is 2.53 bits per heavy atom. The van der Waals surface area contributed by atoms with Crippen molar-refractivity contribution >= 4 is 5.71 Å². The molecule has 2 aromatic rings. The second-order valence-electron chi connectivity index (χ2n) is 4.52. The van der Waals surface area contributed by atoms with E-state index in [9.17, 15) is 0 Å². The Morgan fingerprint density at radius 2 is 1.84 bits per heavy atom. The highest BCUT2D eigenvalue weighted by atomic mass is 16.6. The van der Waals surface area contributed by atoms with E-state index in [2.05, 4.69) is 37.2 Å². The Balaban J connectivity index is 2.04. The largest absolute Gasteiger partial charge is 0.391 e. The van der Waals surface area contributed by atoms with Crippen molar-refractivity contribution in [2.24, 2.45) is 5.16 Å². The van der Waals surface area contributed by atoms with Crippen LogP contribution in [0.4, 0.5) is 0 Å². The molecule has 0 saturated heterocycles.